The second-order valence-electron chi connectivity index (χ2n) is 7.26. The molecule has 0 spiro atoms. The molecule has 27 heavy (non-hydrogen) atoms. The fourth-order valence-corrected chi connectivity index (χ4v) is 3.90. The number of hydrogen-bond acceptors (Lipinski definition) is 4. The van der Waals surface area contributed by atoms with E-state index in [1.807, 2.05) is 26.0 Å². The molecule has 2 heterocycles. The monoisotopic (exact) mass is 372 g/mol. The van der Waals surface area contributed by atoms with Crippen molar-refractivity contribution >= 4 is 23.5 Å². The van der Waals surface area contributed by atoms with Gasteiger partial charge in [-0.15, -0.1) is 0 Å². The van der Waals surface area contributed by atoms with Crippen LogP contribution in [0.1, 0.15) is 32.3 Å². The second-order valence-corrected chi connectivity index (χ2v) is 7.26. The van der Waals surface area contributed by atoms with Crippen LogP contribution in [0.15, 0.2) is 24.3 Å². The van der Waals surface area contributed by atoms with E-state index in [0.717, 1.165) is 18.0 Å². The first-order valence-electron chi connectivity index (χ1n) is 9.64. The Balaban J connectivity index is 1.60. The molecule has 3 rings (SSSR count). The van der Waals surface area contributed by atoms with Crippen molar-refractivity contribution in [1.82, 2.24) is 15.1 Å². The van der Waals surface area contributed by atoms with Gasteiger partial charge in [0.1, 0.15) is 12.1 Å². The summed E-state index contributed by atoms with van der Waals surface area (Å²) in [5, 5.41) is 2.77. The first kappa shape index (κ1) is 19.2. The number of rotatable bonds is 5. The van der Waals surface area contributed by atoms with Crippen molar-refractivity contribution < 1.29 is 14.4 Å². The number of piperazine rings is 1. The smallest absolute Gasteiger partial charge is 0.325 e. The van der Waals surface area contributed by atoms with E-state index >= 15 is 0 Å². The Kier molecular flexibility index (Phi) is 5.39. The maximum atomic E-state index is 12.7. The average Bonchev–Trinajstić information content (AvgIpc) is 2.93. The first-order chi connectivity index (χ1) is 12.9. The standard InChI is InChI=1S/C20H28N4O3/c1-4-20(5-2)18(26)24(19(27)21-20)14-17(25)23-12-10-22(11-13-23)16-9-7-6-8-15(16)3/h6-9H,4-5,10-14H2,1-3H3,(H,21,27). The normalized spacial score (nSPS) is 19.4. The molecule has 0 saturated carbocycles. The van der Waals surface area contributed by atoms with E-state index in [4.69, 9.17) is 0 Å². The van der Waals surface area contributed by atoms with E-state index in [9.17, 15) is 14.4 Å². The quantitative estimate of drug-likeness (QED) is 0.800. The number of benzene rings is 1. The Labute approximate surface area is 160 Å². The summed E-state index contributed by atoms with van der Waals surface area (Å²) in [7, 11) is 0. The summed E-state index contributed by atoms with van der Waals surface area (Å²) in [6.45, 7) is 8.30. The summed E-state index contributed by atoms with van der Waals surface area (Å²) in [6.07, 6.45) is 1.04. The highest BCUT2D eigenvalue weighted by Crippen LogP contribution is 2.25. The molecular formula is C20H28N4O3. The molecule has 0 radical (unpaired) electrons. The SMILES string of the molecule is CCC1(CC)NC(=O)N(CC(=O)N2CCN(c3ccccc3C)CC2)C1=O. The fraction of sp³-hybridized carbons (Fsp3) is 0.550. The molecule has 0 bridgehead atoms. The van der Waals surface area contributed by atoms with Gasteiger partial charge in [0.05, 0.1) is 0 Å². The van der Waals surface area contributed by atoms with Crippen LogP contribution in [0.4, 0.5) is 10.5 Å². The summed E-state index contributed by atoms with van der Waals surface area (Å²) < 4.78 is 0. The summed E-state index contributed by atoms with van der Waals surface area (Å²) in [5.41, 5.74) is 1.54. The Hall–Kier alpha value is -2.57. The highest BCUT2D eigenvalue weighted by Gasteiger charge is 2.49. The zero-order chi connectivity index (χ0) is 19.6. The number of nitrogens with zero attached hydrogens (tertiary/aromatic N) is 3. The van der Waals surface area contributed by atoms with E-state index in [1.54, 1.807) is 4.90 Å². The van der Waals surface area contributed by atoms with Crippen LogP contribution in [-0.2, 0) is 9.59 Å². The van der Waals surface area contributed by atoms with Gasteiger partial charge in [0.15, 0.2) is 0 Å². The van der Waals surface area contributed by atoms with Gasteiger partial charge in [0, 0.05) is 31.9 Å². The third kappa shape index (κ3) is 3.50. The minimum absolute atomic E-state index is 0.175. The highest BCUT2D eigenvalue weighted by atomic mass is 16.2. The Morgan fingerprint density at radius 2 is 1.70 bits per heavy atom. The van der Waals surface area contributed by atoms with E-state index in [-0.39, 0.29) is 18.4 Å². The van der Waals surface area contributed by atoms with Crippen LogP contribution >= 0.6 is 0 Å². The number of nitrogens with one attached hydrogen (secondary N) is 1. The van der Waals surface area contributed by atoms with Gasteiger partial charge in [-0.2, -0.15) is 0 Å². The molecule has 0 aromatic heterocycles. The topological polar surface area (TPSA) is 73.0 Å². The molecule has 2 saturated heterocycles. The molecule has 7 heteroatoms. The van der Waals surface area contributed by atoms with Crippen molar-refractivity contribution in [2.24, 2.45) is 0 Å². The van der Waals surface area contributed by atoms with Crippen LogP contribution < -0.4 is 10.2 Å². The van der Waals surface area contributed by atoms with E-state index in [1.165, 1.54) is 11.3 Å². The molecular weight excluding hydrogens is 344 g/mol. The number of carbonyl (C=O) groups excluding carboxylic acids is 3. The maximum absolute atomic E-state index is 12.7. The largest absolute Gasteiger partial charge is 0.368 e. The van der Waals surface area contributed by atoms with Crippen LogP contribution in [0.3, 0.4) is 0 Å². The van der Waals surface area contributed by atoms with E-state index < -0.39 is 11.6 Å². The average molecular weight is 372 g/mol. The molecule has 2 aliphatic heterocycles. The minimum atomic E-state index is -0.860. The molecule has 0 atom stereocenters. The summed E-state index contributed by atoms with van der Waals surface area (Å²) in [6, 6.07) is 7.75. The van der Waals surface area contributed by atoms with Gasteiger partial charge in [-0.25, -0.2) is 4.79 Å². The van der Waals surface area contributed by atoms with Crippen molar-refractivity contribution in [2.45, 2.75) is 39.2 Å². The Bertz CT molecular complexity index is 736. The third-order valence-electron chi connectivity index (χ3n) is 5.83. The molecule has 1 N–H and O–H groups in total. The van der Waals surface area contributed by atoms with Gasteiger partial charge in [-0.05, 0) is 31.4 Å². The van der Waals surface area contributed by atoms with Crippen molar-refractivity contribution in [3.63, 3.8) is 0 Å². The molecule has 7 nitrogen and oxygen atoms in total. The van der Waals surface area contributed by atoms with Crippen LogP contribution in [0.5, 0.6) is 0 Å². The van der Waals surface area contributed by atoms with Gasteiger partial charge >= 0.3 is 6.03 Å². The molecule has 2 fully saturated rings. The lowest BCUT2D eigenvalue weighted by Gasteiger charge is -2.37. The van der Waals surface area contributed by atoms with Crippen LogP contribution in [0, 0.1) is 6.92 Å². The number of urea groups is 1. The summed E-state index contributed by atoms with van der Waals surface area (Å²) in [5.74, 6) is -0.463. The zero-order valence-electron chi connectivity index (χ0n) is 16.3. The zero-order valence-corrected chi connectivity index (χ0v) is 16.3. The summed E-state index contributed by atoms with van der Waals surface area (Å²) >= 11 is 0. The van der Waals surface area contributed by atoms with Crippen molar-refractivity contribution in [2.75, 3.05) is 37.6 Å². The van der Waals surface area contributed by atoms with Crippen LogP contribution in [-0.4, -0.2) is 65.9 Å². The molecule has 2 aliphatic rings. The number of hydrogen-bond donors (Lipinski definition) is 1. The predicted octanol–water partition coefficient (Wildman–Crippen LogP) is 1.75. The van der Waals surface area contributed by atoms with Gasteiger partial charge in [-0.3, -0.25) is 14.5 Å². The summed E-state index contributed by atoms with van der Waals surface area (Å²) in [4.78, 5) is 42.6. The van der Waals surface area contributed by atoms with Gasteiger partial charge in [0.2, 0.25) is 5.91 Å². The second kappa shape index (κ2) is 7.58. The molecule has 0 aliphatic carbocycles. The molecule has 4 amide bonds. The molecule has 1 aromatic rings. The fourth-order valence-electron chi connectivity index (χ4n) is 3.90. The van der Waals surface area contributed by atoms with Crippen molar-refractivity contribution in [1.29, 1.82) is 0 Å². The maximum Gasteiger partial charge on any atom is 0.325 e. The Morgan fingerprint density at radius 1 is 1.07 bits per heavy atom. The number of imide groups is 1. The number of para-hydroxylation sites is 1. The van der Waals surface area contributed by atoms with Gasteiger partial charge in [0.25, 0.3) is 5.91 Å². The van der Waals surface area contributed by atoms with Crippen molar-refractivity contribution in [3.05, 3.63) is 29.8 Å². The number of aryl methyl sites for hydroxylation is 1. The van der Waals surface area contributed by atoms with Gasteiger partial charge in [-0.1, -0.05) is 32.0 Å². The Morgan fingerprint density at radius 3 is 2.26 bits per heavy atom. The van der Waals surface area contributed by atoms with Crippen LogP contribution in [0.2, 0.25) is 0 Å². The number of anilines is 1. The number of carbonyl (C=O) groups is 3. The predicted molar refractivity (Wildman–Crippen MR) is 104 cm³/mol. The third-order valence-corrected chi connectivity index (χ3v) is 5.83. The lowest BCUT2D eigenvalue weighted by molar-refractivity contribution is -0.139. The first-order valence-corrected chi connectivity index (χ1v) is 9.64. The van der Waals surface area contributed by atoms with Crippen LogP contribution in [0.25, 0.3) is 0 Å². The lowest BCUT2D eigenvalue weighted by Crippen LogP contribution is -2.52. The highest BCUT2D eigenvalue weighted by molar-refractivity contribution is 6.09. The van der Waals surface area contributed by atoms with Gasteiger partial charge < -0.3 is 15.1 Å². The molecule has 146 valence electrons. The number of amides is 4. The molecule has 0 unspecified atom stereocenters. The van der Waals surface area contributed by atoms with E-state index in [2.05, 4.69) is 29.3 Å². The lowest BCUT2D eigenvalue weighted by atomic mass is 9.93. The molecule has 1 aromatic carbocycles. The minimum Gasteiger partial charge on any atom is -0.368 e. The van der Waals surface area contributed by atoms with E-state index in [0.29, 0.717) is 25.9 Å². The van der Waals surface area contributed by atoms with Crippen molar-refractivity contribution in [3.8, 4) is 0 Å².